The van der Waals surface area contributed by atoms with Crippen LogP contribution in [-0.2, 0) is 27.7 Å². The molecule has 31 heavy (non-hydrogen) atoms. The summed E-state index contributed by atoms with van der Waals surface area (Å²) in [6, 6.07) is 10.1. The lowest BCUT2D eigenvalue weighted by molar-refractivity contribution is -0.384. The zero-order chi connectivity index (χ0) is 22.8. The Balaban J connectivity index is 1.87. The number of nitrogens with zero attached hydrogens (tertiary/aromatic N) is 2. The van der Waals surface area contributed by atoms with Gasteiger partial charge in [0.15, 0.2) is 0 Å². The summed E-state index contributed by atoms with van der Waals surface area (Å²) in [7, 11) is -3.88. The van der Waals surface area contributed by atoms with Crippen LogP contribution in [0.4, 0.5) is 11.4 Å². The number of hydrogen-bond donors (Lipinski definition) is 1. The van der Waals surface area contributed by atoms with Gasteiger partial charge >= 0.3 is 0 Å². The third-order valence-corrected chi connectivity index (χ3v) is 6.79. The molecule has 0 unspecified atom stereocenters. The molecule has 0 radical (unpaired) electrons. The van der Waals surface area contributed by atoms with Crippen molar-refractivity contribution in [2.45, 2.75) is 51.6 Å². The van der Waals surface area contributed by atoms with Gasteiger partial charge in [0.1, 0.15) is 6.04 Å². The van der Waals surface area contributed by atoms with Gasteiger partial charge in [-0.15, -0.1) is 0 Å². The predicted molar refractivity (Wildman–Crippen MR) is 120 cm³/mol. The van der Waals surface area contributed by atoms with Crippen LogP contribution in [0.15, 0.2) is 42.5 Å². The van der Waals surface area contributed by atoms with Gasteiger partial charge in [-0.3, -0.25) is 19.2 Å². The highest BCUT2D eigenvalue weighted by molar-refractivity contribution is 7.92. The van der Waals surface area contributed by atoms with Crippen molar-refractivity contribution >= 4 is 27.3 Å². The van der Waals surface area contributed by atoms with Crippen LogP contribution < -0.4 is 9.62 Å². The van der Waals surface area contributed by atoms with Crippen molar-refractivity contribution in [2.24, 2.45) is 0 Å². The average Bonchev–Trinajstić information content (AvgIpc) is 3.18. The minimum atomic E-state index is -3.88. The summed E-state index contributed by atoms with van der Waals surface area (Å²) in [6.07, 6.45) is 4.42. The lowest BCUT2D eigenvalue weighted by atomic mass is 10.0. The molecule has 1 aliphatic rings. The summed E-state index contributed by atoms with van der Waals surface area (Å²) in [4.78, 5) is 23.7. The van der Waals surface area contributed by atoms with Crippen LogP contribution in [-0.4, -0.2) is 31.5 Å². The molecule has 9 heteroatoms. The number of amides is 1. The van der Waals surface area contributed by atoms with Crippen molar-refractivity contribution in [2.75, 3.05) is 10.6 Å². The predicted octanol–water partition coefficient (Wildman–Crippen LogP) is 3.51. The molecule has 0 aromatic heterocycles. The fourth-order valence-electron chi connectivity index (χ4n) is 4.06. The van der Waals surface area contributed by atoms with Gasteiger partial charge in [0.2, 0.25) is 15.9 Å². The van der Waals surface area contributed by atoms with E-state index in [9.17, 15) is 23.3 Å². The second-order valence-corrected chi connectivity index (χ2v) is 9.73. The second-order valence-electron chi connectivity index (χ2n) is 7.87. The number of nitro groups is 1. The maximum Gasteiger partial charge on any atom is 0.271 e. The Morgan fingerprint density at radius 1 is 1.19 bits per heavy atom. The Morgan fingerprint density at radius 2 is 1.90 bits per heavy atom. The molecule has 0 bridgehead atoms. The maximum atomic E-state index is 13.1. The molecular formula is C22H27N3O5S. The van der Waals surface area contributed by atoms with Crippen molar-refractivity contribution in [3.8, 4) is 0 Å². The van der Waals surface area contributed by atoms with Crippen LogP contribution in [0.3, 0.4) is 0 Å². The summed E-state index contributed by atoms with van der Waals surface area (Å²) in [5.41, 5.74) is 3.43. The molecule has 0 saturated heterocycles. The Labute approximate surface area is 182 Å². The zero-order valence-corrected chi connectivity index (χ0v) is 18.7. The summed E-state index contributed by atoms with van der Waals surface area (Å²) in [5, 5.41) is 14.1. The smallest absolute Gasteiger partial charge is 0.271 e. The molecule has 2 aromatic rings. The molecule has 1 aliphatic carbocycles. The molecule has 2 atom stereocenters. The van der Waals surface area contributed by atoms with Gasteiger partial charge in [-0.1, -0.05) is 31.2 Å². The van der Waals surface area contributed by atoms with E-state index in [1.807, 2.05) is 13.0 Å². The van der Waals surface area contributed by atoms with E-state index in [0.29, 0.717) is 0 Å². The van der Waals surface area contributed by atoms with Crippen LogP contribution in [0.2, 0.25) is 0 Å². The topological polar surface area (TPSA) is 110 Å². The number of hydrogen-bond acceptors (Lipinski definition) is 5. The molecule has 166 valence electrons. The minimum Gasteiger partial charge on any atom is -0.348 e. The van der Waals surface area contributed by atoms with E-state index >= 15 is 0 Å². The molecule has 2 aromatic carbocycles. The Bertz CT molecular complexity index is 1100. The SMILES string of the molecule is CC[C@@H](C(=O)N[C@H](C)c1ccc2c(c1)CCC2)N(c1cccc([N+](=O)[O-])c1)S(C)(=O)=O. The van der Waals surface area contributed by atoms with E-state index in [-0.39, 0.29) is 23.8 Å². The number of sulfonamides is 1. The summed E-state index contributed by atoms with van der Waals surface area (Å²) in [5.74, 6) is -0.451. The number of carbonyl (C=O) groups excluding carboxylic acids is 1. The van der Waals surface area contributed by atoms with Gasteiger partial charge in [-0.2, -0.15) is 0 Å². The van der Waals surface area contributed by atoms with E-state index < -0.39 is 26.9 Å². The van der Waals surface area contributed by atoms with E-state index in [0.717, 1.165) is 35.4 Å². The van der Waals surface area contributed by atoms with Crippen molar-refractivity contribution in [3.05, 3.63) is 69.3 Å². The van der Waals surface area contributed by atoms with Crippen LogP contribution >= 0.6 is 0 Å². The first-order valence-electron chi connectivity index (χ1n) is 10.3. The van der Waals surface area contributed by atoms with Gasteiger partial charge in [0.05, 0.1) is 22.9 Å². The monoisotopic (exact) mass is 445 g/mol. The van der Waals surface area contributed by atoms with Gasteiger partial charge in [-0.05, 0) is 55.4 Å². The van der Waals surface area contributed by atoms with Gasteiger partial charge < -0.3 is 5.32 Å². The number of anilines is 1. The Kier molecular flexibility index (Phi) is 6.64. The number of aryl methyl sites for hydroxylation is 2. The zero-order valence-electron chi connectivity index (χ0n) is 17.9. The molecule has 0 spiro atoms. The number of benzene rings is 2. The fourth-order valence-corrected chi connectivity index (χ4v) is 5.26. The molecule has 0 heterocycles. The average molecular weight is 446 g/mol. The first-order valence-corrected chi connectivity index (χ1v) is 12.1. The van der Waals surface area contributed by atoms with E-state index in [2.05, 4.69) is 17.4 Å². The highest BCUT2D eigenvalue weighted by atomic mass is 32.2. The largest absolute Gasteiger partial charge is 0.348 e. The molecular weight excluding hydrogens is 418 g/mol. The molecule has 0 aliphatic heterocycles. The number of non-ortho nitro benzene ring substituents is 1. The number of carbonyl (C=O) groups is 1. The normalized spacial score (nSPS) is 15.1. The summed E-state index contributed by atoms with van der Waals surface area (Å²) in [6.45, 7) is 3.57. The van der Waals surface area contributed by atoms with Crippen LogP contribution in [0.25, 0.3) is 0 Å². The second kappa shape index (κ2) is 9.05. The molecule has 1 N–H and O–H groups in total. The molecule has 3 rings (SSSR count). The highest BCUT2D eigenvalue weighted by Crippen LogP contribution is 2.28. The van der Waals surface area contributed by atoms with E-state index in [4.69, 9.17) is 0 Å². The van der Waals surface area contributed by atoms with Crippen LogP contribution in [0.5, 0.6) is 0 Å². The number of rotatable bonds is 8. The number of nitro benzene ring substituents is 1. The highest BCUT2D eigenvalue weighted by Gasteiger charge is 2.33. The molecule has 8 nitrogen and oxygen atoms in total. The van der Waals surface area contributed by atoms with E-state index in [1.165, 1.54) is 35.4 Å². The third-order valence-electron chi connectivity index (χ3n) is 5.61. The van der Waals surface area contributed by atoms with Crippen LogP contribution in [0, 0.1) is 10.1 Å². The van der Waals surface area contributed by atoms with Gasteiger partial charge in [0.25, 0.3) is 5.69 Å². The first-order chi connectivity index (χ1) is 14.6. The van der Waals surface area contributed by atoms with Crippen molar-refractivity contribution in [1.82, 2.24) is 5.32 Å². The van der Waals surface area contributed by atoms with Crippen LogP contribution in [0.1, 0.15) is 49.4 Å². The Morgan fingerprint density at radius 3 is 2.55 bits per heavy atom. The first kappa shape index (κ1) is 22.7. The number of nitrogens with one attached hydrogen (secondary N) is 1. The van der Waals surface area contributed by atoms with Crippen molar-refractivity contribution in [3.63, 3.8) is 0 Å². The minimum absolute atomic E-state index is 0.0869. The van der Waals surface area contributed by atoms with Gasteiger partial charge in [0, 0.05) is 12.1 Å². The van der Waals surface area contributed by atoms with Crippen molar-refractivity contribution < 1.29 is 18.1 Å². The third kappa shape index (κ3) is 5.04. The quantitative estimate of drug-likeness (QED) is 0.494. The summed E-state index contributed by atoms with van der Waals surface area (Å²) >= 11 is 0. The lowest BCUT2D eigenvalue weighted by Crippen LogP contribution is -2.49. The van der Waals surface area contributed by atoms with Crippen molar-refractivity contribution in [1.29, 1.82) is 0 Å². The van der Waals surface area contributed by atoms with E-state index in [1.54, 1.807) is 6.92 Å². The standard InChI is InChI=1S/C22H27N3O5S/c1-4-21(24(31(3,29)30)19-9-6-10-20(14-19)25(27)28)22(26)23-15(2)17-12-11-16-7-5-8-18(16)13-17/h6,9-15,21H,4-5,7-8H2,1-3H3,(H,23,26)/t15-,21+/m1/s1. The van der Waals surface area contributed by atoms with Gasteiger partial charge in [-0.25, -0.2) is 8.42 Å². The summed E-state index contributed by atoms with van der Waals surface area (Å²) < 4.78 is 26.1. The Hall–Kier alpha value is -2.94. The molecule has 1 amide bonds. The fraction of sp³-hybridized carbons (Fsp3) is 0.409. The number of fused-ring (bicyclic) bond motifs is 1. The lowest BCUT2D eigenvalue weighted by Gasteiger charge is -2.31. The molecule has 0 fully saturated rings. The molecule has 0 saturated carbocycles. The maximum absolute atomic E-state index is 13.1.